The summed E-state index contributed by atoms with van der Waals surface area (Å²) in [5.74, 6) is 0.0684. The number of carbonyl (C=O) groups is 1. The SMILES string of the molecule is CCC(=O)c1ccc(N(CCO)C2CCC2)cn1. The second kappa shape index (κ2) is 5.96. The van der Waals surface area contributed by atoms with Crippen LogP contribution in [0.5, 0.6) is 0 Å². The van der Waals surface area contributed by atoms with Crippen LogP contribution in [0.25, 0.3) is 0 Å². The second-order valence-corrected chi connectivity index (χ2v) is 4.68. The molecule has 0 aromatic carbocycles. The number of anilines is 1. The molecule has 0 saturated heterocycles. The van der Waals surface area contributed by atoms with Gasteiger partial charge in [0.25, 0.3) is 0 Å². The van der Waals surface area contributed by atoms with Crippen LogP contribution < -0.4 is 4.90 Å². The zero-order valence-corrected chi connectivity index (χ0v) is 10.8. The minimum absolute atomic E-state index is 0.0684. The number of aliphatic hydroxyl groups excluding tert-OH is 1. The minimum Gasteiger partial charge on any atom is -0.395 e. The summed E-state index contributed by atoms with van der Waals surface area (Å²) in [5, 5.41) is 9.13. The summed E-state index contributed by atoms with van der Waals surface area (Å²) in [4.78, 5) is 17.9. The molecule has 2 rings (SSSR count). The van der Waals surface area contributed by atoms with Crippen LogP contribution in [0.1, 0.15) is 43.1 Å². The molecule has 0 bridgehead atoms. The van der Waals surface area contributed by atoms with Crippen molar-refractivity contribution in [2.24, 2.45) is 0 Å². The smallest absolute Gasteiger partial charge is 0.180 e. The summed E-state index contributed by atoms with van der Waals surface area (Å²) < 4.78 is 0. The van der Waals surface area contributed by atoms with Crippen molar-refractivity contribution >= 4 is 11.5 Å². The first-order valence-electron chi connectivity index (χ1n) is 6.63. The van der Waals surface area contributed by atoms with Crippen LogP contribution in [0, 0.1) is 0 Å². The molecule has 1 aromatic rings. The maximum absolute atomic E-state index is 11.5. The Kier molecular flexibility index (Phi) is 4.31. The first-order chi connectivity index (χ1) is 8.76. The normalized spacial score (nSPS) is 15.2. The molecule has 0 unspecified atom stereocenters. The number of hydrogen-bond donors (Lipinski definition) is 1. The van der Waals surface area contributed by atoms with Gasteiger partial charge in [-0.15, -0.1) is 0 Å². The summed E-state index contributed by atoms with van der Waals surface area (Å²) in [5.41, 5.74) is 1.53. The average molecular weight is 248 g/mol. The van der Waals surface area contributed by atoms with Gasteiger partial charge in [0.05, 0.1) is 18.5 Å². The lowest BCUT2D eigenvalue weighted by Crippen LogP contribution is -2.42. The topological polar surface area (TPSA) is 53.4 Å². The number of rotatable bonds is 6. The van der Waals surface area contributed by atoms with Crippen LogP contribution in [0.3, 0.4) is 0 Å². The van der Waals surface area contributed by atoms with E-state index in [-0.39, 0.29) is 12.4 Å². The summed E-state index contributed by atoms with van der Waals surface area (Å²) in [6.07, 6.45) is 5.84. The largest absolute Gasteiger partial charge is 0.395 e. The fourth-order valence-electron chi connectivity index (χ4n) is 2.23. The molecule has 1 heterocycles. The van der Waals surface area contributed by atoms with Crippen molar-refractivity contribution in [1.29, 1.82) is 0 Å². The number of nitrogens with zero attached hydrogens (tertiary/aromatic N) is 2. The van der Waals surface area contributed by atoms with Crippen LogP contribution in [-0.2, 0) is 0 Å². The third-order valence-electron chi connectivity index (χ3n) is 3.54. The first-order valence-corrected chi connectivity index (χ1v) is 6.63. The van der Waals surface area contributed by atoms with Crippen molar-refractivity contribution in [2.45, 2.75) is 38.6 Å². The number of aliphatic hydroxyl groups is 1. The Balaban J connectivity index is 2.12. The molecule has 1 saturated carbocycles. The molecule has 0 amide bonds. The third-order valence-corrected chi connectivity index (χ3v) is 3.54. The van der Waals surface area contributed by atoms with Crippen molar-refractivity contribution in [3.63, 3.8) is 0 Å². The van der Waals surface area contributed by atoms with Crippen LogP contribution in [0.2, 0.25) is 0 Å². The standard InChI is InChI=1S/C14H20N2O2/c1-2-14(18)13-7-6-12(10-15-13)16(8-9-17)11-4-3-5-11/h6-7,10-11,17H,2-5,8-9H2,1H3. The van der Waals surface area contributed by atoms with E-state index in [0.29, 0.717) is 24.7 Å². The molecule has 1 aliphatic carbocycles. The Bertz CT molecular complexity index is 399. The van der Waals surface area contributed by atoms with E-state index >= 15 is 0 Å². The highest BCUT2D eigenvalue weighted by atomic mass is 16.3. The maximum atomic E-state index is 11.5. The molecule has 4 nitrogen and oxygen atoms in total. The van der Waals surface area contributed by atoms with Crippen LogP contribution >= 0.6 is 0 Å². The fraction of sp³-hybridized carbons (Fsp3) is 0.571. The van der Waals surface area contributed by atoms with E-state index in [4.69, 9.17) is 5.11 Å². The predicted molar refractivity (Wildman–Crippen MR) is 70.9 cm³/mol. The highest BCUT2D eigenvalue weighted by Gasteiger charge is 2.25. The van der Waals surface area contributed by atoms with Gasteiger partial charge in [-0.05, 0) is 31.4 Å². The monoisotopic (exact) mass is 248 g/mol. The van der Waals surface area contributed by atoms with Crippen molar-refractivity contribution in [2.75, 3.05) is 18.1 Å². The molecule has 1 fully saturated rings. The number of aromatic nitrogens is 1. The van der Waals surface area contributed by atoms with Gasteiger partial charge in [0, 0.05) is 19.0 Å². The lowest BCUT2D eigenvalue weighted by Gasteiger charge is -2.38. The Labute approximate surface area is 108 Å². The van der Waals surface area contributed by atoms with E-state index in [1.165, 1.54) is 19.3 Å². The first kappa shape index (κ1) is 13.0. The van der Waals surface area contributed by atoms with Gasteiger partial charge in [-0.3, -0.25) is 9.78 Å². The van der Waals surface area contributed by atoms with Crippen LogP contribution in [0.4, 0.5) is 5.69 Å². The highest BCUT2D eigenvalue weighted by Crippen LogP contribution is 2.28. The molecular formula is C14H20N2O2. The van der Waals surface area contributed by atoms with Crippen molar-refractivity contribution < 1.29 is 9.90 Å². The minimum atomic E-state index is 0.0684. The van der Waals surface area contributed by atoms with E-state index in [9.17, 15) is 4.79 Å². The molecule has 18 heavy (non-hydrogen) atoms. The average Bonchev–Trinajstić information content (AvgIpc) is 2.35. The van der Waals surface area contributed by atoms with Crippen molar-refractivity contribution in [3.8, 4) is 0 Å². The summed E-state index contributed by atoms with van der Waals surface area (Å²) in [7, 11) is 0. The summed E-state index contributed by atoms with van der Waals surface area (Å²) >= 11 is 0. The van der Waals surface area contributed by atoms with E-state index in [1.807, 2.05) is 13.0 Å². The Morgan fingerprint density at radius 2 is 2.28 bits per heavy atom. The quantitative estimate of drug-likeness (QED) is 0.783. The van der Waals surface area contributed by atoms with Crippen LogP contribution in [-0.4, -0.2) is 35.1 Å². The van der Waals surface area contributed by atoms with Gasteiger partial charge in [-0.25, -0.2) is 0 Å². The number of hydrogen-bond acceptors (Lipinski definition) is 4. The van der Waals surface area contributed by atoms with Crippen LogP contribution in [0.15, 0.2) is 18.3 Å². The Morgan fingerprint density at radius 3 is 2.72 bits per heavy atom. The number of carbonyl (C=O) groups excluding carboxylic acids is 1. The lowest BCUT2D eigenvalue weighted by atomic mass is 9.91. The van der Waals surface area contributed by atoms with Gasteiger partial charge in [0.15, 0.2) is 5.78 Å². The highest BCUT2D eigenvalue weighted by molar-refractivity contribution is 5.94. The molecule has 0 radical (unpaired) electrons. The lowest BCUT2D eigenvalue weighted by molar-refractivity contribution is 0.0983. The van der Waals surface area contributed by atoms with Crippen molar-refractivity contribution in [1.82, 2.24) is 4.98 Å². The van der Waals surface area contributed by atoms with Gasteiger partial charge in [-0.1, -0.05) is 6.92 Å². The predicted octanol–water partition coefficient (Wildman–Crippen LogP) is 2.03. The van der Waals surface area contributed by atoms with E-state index < -0.39 is 0 Å². The molecule has 1 aromatic heterocycles. The Morgan fingerprint density at radius 1 is 1.50 bits per heavy atom. The molecular weight excluding hydrogens is 228 g/mol. The number of Topliss-reactive ketones (excluding diaryl/α,β-unsaturated/α-hetero) is 1. The maximum Gasteiger partial charge on any atom is 0.180 e. The summed E-state index contributed by atoms with van der Waals surface area (Å²) in [6, 6.07) is 4.24. The van der Waals surface area contributed by atoms with Gasteiger partial charge in [-0.2, -0.15) is 0 Å². The van der Waals surface area contributed by atoms with Gasteiger partial charge in [0.1, 0.15) is 5.69 Å². The molecule has 4 heteroatoms. The zero-order chi connectivity index (χ0) is 13.0. The number of pyridine rings is 1. The molecule has 0 spiro atoms. The molecule has 0 atom stereocenters. The van der Waals surface area contributed by atoms with Gasteiger partial charge in [0.2, 0.25) is 0 Å². The third kappa shape index (κ3) is 2.70. The van der Waals surface area contributed by atoms with Crippen molar-refractivity contribution in [3.05, 3.63) is 24.0 Å². The van der Waals surface area contributed by atoms with Gasteiger partial charge >= 0.3 is 0 Å². The number of ketones is 1. The molecule has 1 aliphatic rings. The van der Waals surface area contributed by atoms with E-state index in [1.54, 1.807) is 12.3 Å². The second-order valence-electron chi connectivity index (χ2n) is 4.68. The summed E-state index contributed by atoms with van der Waals surface area (Å²) in [6.45, 7) is 2.61. The van der Waals surface area contributed by atoms with E-state index in [0.717, 1.165) is 5.69 Å². The molecule has 1 N–H and O–H groups in total. The fourth-order valence-corrected chi connectivity index (χ4v) is 2.23. The van der Waals surface area contributed by atoms with E-state index in [2.05, 4.69) is 9.88 Å². The molecule has 98 valence electrons. The zero-order valence-electron chi connectivity index (χ0n) is 10.8. The molecule has 0 aliphatic heterocycles. The Hall–Kier alpha value is -1.42. The van der Waals surface area contributed by atoms with Gasteiger partial charge < -0.3 is 10.0 Å².